The molecule has 21 heavy (non-hydrogen) atoms. The Kier molecular flexibility index (Phi) is 3.48. The van der Waals surface area contributed by atoms with E-state index in [-0.39, 0.29) is 17.8 Å². The second kappa shape index (κ2) is 5.44. The van der Waals surface area contributed by atoms with Crippen molar-refractivity contribution < 1.29 is 13.9 Å². The molecule has 1 aliphatic heterocycles. The van der Waals surface area contributed by atoms with Gasteiger partial charge in [0.15, 0.2) is 0 Å². The standard InChI is InChI=1S/C16H15FN2O2/c1-21-13-5-3-12(4-6-13)18-16(20)15-9-10-8-11(17)2-7-14(10)19-15/h2-8,15,19H,9H2,1H3,(H,18,20). The minimum Gasteiger partial charge on any atom is -0.497 e. The lowest BCUT2D eigenvalue weighted by atomic mass is 10.1. The van der Waals surface area contributed by atoms with Crippen molar-refractivity contribution >= 4 is 17.3 Å². The molecule has 0 aliphatic carbocycles. The van der Waals surface area contributed by atoms with Gasteiger partial charge in [0.05, 0.1) is 7.11 Å². The Balaban J connectivity index is 1.67. The molecule has 0 saturated heterocycles. The predicted octanol–water partition coefficient (Wildman–Crippen LogP) is 2.81. The van der Waals surface area contributed by atoms with Gasteiger partial charge in [0.25, 0.3) is 0 Å². The van der Waals surface area contributed by atoms with Gasteiger partial charge in [-0.1, -0.05) is 0 Å². The van der Waals surface area contributed by atoms with Crippen molar-refractivity contribution in [3.05, 3.63) is 53.8 Å². The molecular formula is C16H15FN2O2. The van der Waals surface area contributed by atoms with Crippen molar-refractivity contribution in [1.82, 2.24) is 0 Å². The van der Waals surface area contributed by atoms with Crippen LogP contribution in [0.1, 0.15) is 5.56 Å². The summed E-state index contributed by atoms with van der Waals surface area (Å²) in [5, 5.41) is 5.93. The average Bonchev–Trinajstić information content (AvgIpc) is 2.91. The highest BCUT2D eigenvalue weighted by atomic mass is 19.1. The number of carbonyl (C=O) groups is 1. The Bertz CT molecular complexity index is 670. The SMILES string of the molecule is COc1ccc(NC(=O)C2Cc3cc(F)ccc3N2)cc1. The van der Waals surface area contributed by atoms with Crippen LogP contribution >= 0.6 is 0 Å². The molecule has 1 heterocycles. The zero-order valence-electron chi connectivity index (χ0n) is 11.5. The number of amides is 1. The summed E-state index contributed by atoms with van der Waals surface area (Å²) >= 11 is 0. The molecule has 5 heteroatoms. The summed E-state index contributed by atoms with van der Waals surface area (Å²) in [5.41, 5.74) is 2.33. The Labute approximate surface area is 121 Å². The van der Waals surface area contributed by atoms with Crippen molar-refractivity contribution in [2.75, 3.05) is 17.7 Å². The Morgan fingerprint density at radius 3 is 2.76 bits per heavy atom. The molecular weight excluding hydrogens is 271 g/mol. The summed E-state index contributed by atoms with van der Waals surface area (Å²) in [6, 6.07) is 11.2. The van der Waals surface area contributed by atoms with E-state index in [9.17, 15) is 9.18 Å². The van der Waals surface area contributed by atoms with E-state index in [0.29, 0.717) is 12.1 Å². The summed E-state index contributed by atoms with van der Waals surface area (Å²) in [7, 11) is 1.59. The molecule has 3 rings (SSSR count). The second-order valence-corrected chi connectivity index (χ2v) is 4.92. The van der Waals surface area contributed by atoms with Crippen molar-refractivity contribution in [2.24, 2.45) is 0 Å². The van der Waals surface area contributed by atoms with Crippen LogP contribution in [0.4, 0.5) is 15.8 Å². The van der Waals surface area contributed by atoms with Crippen LogP contribution in [0.25, 0.3) is 0 Å². The van der Waals surface area contributed by atoms with Crippen LogP contribution in [0, 0.1) is 5.82 Å². The summed E-state index contributed by atoms with van der Waals surface area (Å²) in [4.78, 5) is 12.2. The number of nitrogens with one attached hydrogen (secondary N) is 2. The number of fused-ring (bicyclic) bond motifs is 1. The van der Waals surface area contributed by atoms with Crippen molar-refractivity contribution in [3.8, 4) is 5.75 Å². The molecule has 2 N–H and O–H groups in total. The maximum absolute atomic E-state index is 13.2. The maximum Gasteiger partial charge on any atom is 0.247 e. The molecule has 0 bridgehead atoms. The van der Waals surface area contributed by atoms with E-state index in [4.69, 9.17) is 4.74 Å². The van der Waals surface area contributed by atoms with Gasteiger partial charge in [-0.25, -0.2) is 4.39 Å². The van der Waals surface area contributed by atoms with E-state index in [0.717, 1.165) is 17.0 Å². The lowest BCUT2D eigenvalue weighted by Gasteiger charge is -2.12. The number of methoxy groups -OCH3 is 1. The lowest BCUT2D eigenvalue weighted by Crippen LogP contribution is -2.32. The van der Waals surface area contributed by atoms with Crippen LogP contribution < -0.4 is 15.4 Å². The topological polar surface area (TPSA) is 50.4 Å². The summed E-state index contributed by atoms with van der Waals surface area (Å²) in [5.74, 6) is 0.304. The number of halogens is 1. The fourth-order valence-electron chi connectivity index (χ4n) is 2.39. The molecule has 0 aromatic heterocycles. The van der Waals surface area contributed by atoms with Gasteiger partial charge in [-0.15, -0.1) is 0 Å². The van der Waals surface area contributed by atoms with Gasteiger partial charge in [0, 0.05) is 17.8 Å². The average molecular weight is 286 g/mol. The van der Waals surface area contributed by atoms with Gasteiger partial charge in [0.1, 0.15) is 17.6 Å². The lowest BCUT2D eigenvalue weighted by molar-refractivity contribution is -0.116. The Morgan fingerprint density at radius 2 is 2.05 bits per heavy atom. The van der Waals surface area contributed by atoms with Crippen molar-refractivity contribution in [2.45, 2.75) is 12.5 Å². The molecule has 0 radical (unpaired) electrons. The van der Waals surface area contributed by atoms with Gasteiger partial charge >= 0.3 is 0 Å². The highest BCUT2D eigenvalue weighted by Gasteiger charge is 2.26. The molecule has 4 nitrogen and oxygen atoms in total. The largest absolute Gasteiger partial charge is 0.497 e. The fraction of sp³-hybridized carbons (Fsp3) is 0.188. The van der Waals surface area contributed by atoms with Crippen LogP contribution in [0.3, 0.4) is 0 Å². The summed E-state index contributed by atoms with van der Waals surface area (Å²) in [6.07, 6.45) is 0.481. The number of benzene rings is 2. The normalized spacial score (nSPS) is 16.0. The van der Waals surface area contributed by atoms with E-state index >= 15 is 0 Å². The van der Waals surface area contributed by atoms with Crippen molar-refractivity contribution in [1.29, 1.82) is 0 Å². The monoisotopic (exact) mass is 286 g/mol. The smallest absolute Gasteiger partial charge is 0.247 e. The number of hydrogen-bond acceptors (Lipinski definition) is 3. The molecule has 1 aliphatic rings. The Morgan fingerprint density at radius 1 is 1.29 bits per heavy atom. The number of carbonyl (C=O) groups excluding carboxylic acids is 1. The van der Waals surface area contributed by atoms with Gasteiger partial charge in [0.2, 0.25) is 5.91 Å². The van der Waals surface area contributed by atoms with Crippen molar-refractivity contribution in [3.63, 3.8) is 0 Å². The van der Waals surface area contributed by atoms with E-state index in [1.165, 1.54) is 12.1 Å². The second-order valence-electron chi connectivity index (χ2n) is 4.92. The minimum absolute atomic E-state index is 0.142. The van der Waals surface area contributed by atoms with Crippen LogP contribution in [0.15, 0.2) is 42.5 Å². The van der Waals surface area contributed by atoms with Gasteiger partial charge < -0.3 is 15.4 Å². The predicted molar refractivity (Wildman–Crippen MR) is 79.1 cm³/mol. The zero-order chi connectivity index (χ0) is 14.8. The molecule has 1 unspecified atom stereocenters. The molecule has 0 saturated carbocycles. The summed E-state index contributed by atoms with van der Waals surface area (Å²) < 4.78 is 18.2. The number of anilines is 2. The molecule has 2 aromatic rings. The van der Waals surface area contributed by atoms with Crippen LogP contribution in [-0.4, -0.2) is 19.1 Å². The molecule has 0 spiro atoms. The number of hydrogen-bond donors (Lipinski definition) is 2. The number of ether oxygens (including phenoxy) is 1. The number of rotatable bonds is 3. The quantitative estimate of drug-likeness (QED) is 0.912. The first-order chi connectivity index (χ1) is 10.2. The molecule has 0 fully saturated rings. The van der Waals surface area contributed by atoms with Gasteiger partial charge in [-0.05, 0) is 48.0 Å². The van der Waals surface area contributed by atoms with Crippen LogP contribution in [0.5, 0.6) is 5.75 Å². The first-order valence-electron chi connectivity index (χ1n) is 6.65. The maximum atomic E-state index is 13.2. The van der Waals surface area contributed by atoms with E-state index in [1.807, 2.05) is 0 Å². The van der Waals surface area contributed by atoms with Crippen LogP contribution in [0.2, 0.25) is 0 Å². The highest BCUT2D eigenvalue weighted by molar-refractivity contribution is 5.98. The Hall–Kier alpha value is -2.56. The third kappa shape index (κ3) is 2.81. The van der Waals surface area contributed by atoms with Crippen LogP contribution in [-0.2, 0) is 11.2 Å². The fourth-order valence-corrected chi connectivity index (χ4v) is 2.39. The van der Waals surface area contributed by atoms with E-state index < -0.39 is 0 Å². The molecule has 2 aromatic carbocycles. The minimum atomic E-state index is -0.385. The third-order valence-electron chi connectivity index (χ3n) is 3.50. The first-order valence-corrected chi connectivity index (χ1v) is 6.65. The van der Waals surface area contributed by atoms with Gasteiger partial charge in [-0.3, -0.25) is 4.79 Å². The zero-order valence-corrected chi connectivity index (χ0v) is 11.5. The van der Waals surface area contributed by atoms with Gasteiger partial charge in [-0.2, -0.15) is 0 Å². The molecule has 108 valence electrons. The highest BCUT2D eigenvalue weighted by Crippen LogP contribution is 2.27. The first kappa shape index (κ1) is 13.4. The molecule has 1 amide bonds. The molecule has 1 atom stereocenters. The summed E-state index contributed by atoms with van der Waals surface area (Å²) in [6.45, 7) is 0. The van der Waals surface area contributed by atoms with E-state index in [2.05, 4.69) is 10.6 Å². The van der Waals surface area contributed by atoms with E-state index in [1.54, 1.807) is 37.4 Å². The third-order valence-corrected chi connectivity index (χ3v) is 3.50.